The fourth-order valence-corrected chi connectivity index (χ4v) is 4.46. The van der Waals surface area contributed by atoms with Crippen molar-refractivity contribution in [1.29, 1.82) is 0 Å². The number of allylic oxidation sites excluding steroid dienone is 2. The topological polar surface area (TPSA) is 119 Å². The molecule has 1 fully saturated rings. The Morgan fingerprint density at radius 3 is 2.14 bits per heavy atom. The molecule has 0 radical (unpaired) electrons. The number of esters is 2. The summed E-state index contributed by atoms with van der Waals surface area (Å²) in [5, 5.41) is 2.58. The molecule has 1 aliphatic heterocycles. The van der Waals surface area contributed by atoms with Crippen molar-refractivity contribution in [3.05, 3.63) is 71.8 Å². The number of amides is 3. The lowest BCUT2D eigenvalue weighted by Gasteiger charge is -2.22. The molecule has 2 aromatic carbocycles. The second-order valence-electron chi connectivity index (χ2n) is 8.64. The average molecular weight is 491 g/mol. The second kappa shape index (κ2) is 10.6. The Kier molecular flexibility index (Phi) is 7.28. The average Bonchev–Trinajstić information content (AvgIpc) is 3.14. The maximum atomic E-state index is 12.9. The first-order valence-corrected chi connectivity index (χ1v) is 11.7. The van der Waals surface area contributed by atoms with Crippen molar-refractivity contribution in [2.45, 2.75) is 20.3 Å². The van der Waals surface area contributed by atoms with Crippen LogP contribution in [0.5, 0.6) is 0 Å². The van der Waals surface area contributed by atoms with Crippen LogP contribution in [-0.2, 0) is 23.9 Å². The normalized spacial score (nSPS) is 20.6. The zero-order valence-corrected chi connectivity index (χ0v) is 19.9. The molecule has 2 aromatic rings. The van der Waals surface area contributed by atoms with E-state index >= 15 is 0 Å². The molecule has 4 rings (SSSR count). The molecule has 9 heteroatoms. The molecule has 9 nitrogen and oxygen atoms in total. The van der Waals surface area contributed by atoms with Gasteiger partial charge in [0.15, 0.2) is 6.61 Å². The molecule has 3 atom stereocenters. The first-order chi connectivity index (χ1) is 17.3. The third-order valence-corrected chi connectivity index (χ3v) is 6.25. The molecule has 1 N–H and O–H groups in total. The Morgan fingerprint density at radius 1 is 0.917 bits per heavy atom. The number of rotatable bonds is 7. The van der Waals surface area contributed by atoms with Crippen LogP contribution in [0, 0.1) is 17.8 Å². The van der Waals surface area contributed by atoms with Crippen LogP contribution in [0.15, 0.2) is 60.7 Å². The first kappa shape index (κ1) is 24.8. The van der Waals surface area contributed by atoms with Crippen LogP contribution in [0.25, 0.3) is 0 Å². The third kappa shape index (κ3) is 5.05. The van der Waals surface area contributed by atoms with Gasteiger partial charge in [-0.15, -0.1) is 0 Å². The van der Waals surface area contributed by atoms with Crippen LogP contribution >= 0.6 is 0 Å². The summed E-state index contributed by atoms with van der Waals surface area (Å²) in [4.78, 5) is 63.1. The van der Waals surface area contributed by atoms with E-state index in [0.717, 1.165) is 0 Å². The molecule has 1 aliphatic carbocycles. The summed E-state index contributed by atoms with van der Waals surface area (Å²) < 4.78 is 9.98. The molecule has 1 heterocycles. The number of benzene rings is 2. The number of hydrogen-bond acceptors (Lipinski definition) is 7. The molecule has 0 spiro atoms. The second-order valence-corrected chi connectivity index (χ2v) is 8.64. The minimum absolute atomic E-state index is 0.0129. The van der Waals surface area contributed by atoms with Crippen LogP contribution < -0.4 is 10.2 Å². The number of hydrogen-bond donors (Lipinski definition) is 1. The number of nitrogens with one attached hydrogen (secondary N) is 1. The first-order valence-electron chi connectivity index (χ1n) is 11.7. The highest BCUT2D eigenvalue weighted by atomic mass is 16.5. The Labute approximate surface area is 208 Å². The van der Waals surface area contributed by atoms with Crippen molar-refractivity contribution >= 4 is 41.0 Å². The summed E-state index contributed by atoms with van der Waals surface area (Å²) in [6.07, 6.45) is 4.44. The van der Waals surface area contributed by atoms with Gasteiger partial charge in [-0.05, 0) is 67.8 Å². The molecule has 0 saturated carbocycles. The van der Waals surface area contributed by atoms with E-state index in [0.29, 0.717) is 23.4 Å². The van der Waals surface area contributed by atoms with E-state index in [1.165, 1.54) is 41.3 Å². The van der Waals surface area contributed by atoms with Gasteiger partial charge in [-0.2, -0.15) is 0 Å². The van der Waals surface area contributed by atoms with Crippen LogP contribution in [0.1, 0.15) is 41.0 Å². The van der Waals surface area contributed by atoms with Gasteiger partial charge in [0.1, 0.15) is 0 Å². The highest BCUT2D eigenvalue weighted by Gasteiger charge is 2.50. The number of ether oxygens (including phenoxy) is 2. The van der Waals surface area contributed by atoms with Gasteiger partial charge in [0.2, 0.25) is 11.8 Å². The summed E-state index contributed by atoms with van der Waals surface area (Å²) in [7, 11) is 0. The molecule has 36 heavy (non-hydrogen) atoms. The van der Waals surface area contributed by atoms with Crippen LogP contribution in [0.4, 0.5) is 11.4 Å². The summed E-state index contributed by atoms with van der Waals surface area (Å²) >= 11 is 0. The van der Waals surface area contributed by atoms with E-state index in [4.69, 9.17) is 9.47 Å². The van der Waals surface area contributed by atoms with E-state index in [9.17, 15) is 24.0 Å². The van der Waals surface area contributed by atoms with Crippen LogP contribution in [0.3, 0.4) is 0 Å². The van der Waals surface area contributed by atoms with Crippen molar-refractivity contribution < 1.29 is 33.4 Å². The quantitative estimate of drug-likeness (QED) is 0.359. The predicted molar refractivity (Wildman–Crippen MR) is 130 cm³/mol. The third-order valence-electron chi connectivity index (χ3n) is 6.25. The van der Waals surface area contributed by atoms with Gasteiger partial charge >= 0.3 is 11.9 Å². The largest absolute Gasteiger partial charge is 0.462 e. The van der Waals surface area contributed by atoms with Crippen molar-refractivity contribution in [2.75, 3.05) is 23.4 Å². The number of fused-ring (bicyclic) bond motifs is 1. The molecule has 0 bridgehead atoms. The standard InChI is InChI=1S/C27H26N2O7/c1-3-35-26(33)17-7-11-19(12-8-17)28-22(30)15-36-27(34)18-9-13-20(14-10-18)29-24(31)21-6-4-5-16(2)23(21)25(29)32/h4-5,7-14,16,21,23H,3,6,15H2,1-2H3,(H,28,30)/t16-,21-,23-/m1/s1. The lowest BCUT2D eigenvalue weighted by Crippen LogP contribution is -2.31. The zero-order valence-electron chi connectivity index (χ0n) is 19.9. The highest BCUT2D eigenvalue weighted by Crippen LogP contribution is 2.40. The Hall–Kier alpha value is -4.27. The number of imide groups is 1. The zero-order chi connectivity index (χ0) is 25.8. The van der Waals surface area contributed by atoms with Gasteiger partial charge in [-0.25, -0.2) is 9.59 Å². The van der Waals surface area contributed by atoms with E-state index in [2.05, 4.69) is 5.32 Å². The van der Waals surface area contributed by atoms with Crippen molar-refractivity contribution in [1.82, 2.24) is 0 Å². The van der Waals surface area contributed by atoms with Gasteiger partial charge in [0.25, 0.3) is 5.91 Å². The highest BCUT2D eigenvalue weighted by molar-refractivity contribution is 6.22. The number of anilines is 2. The maximum absolute atomic E-state index is 12.9. The minimum atomic E-state index is -0.722. The Morgan fingerprint density at radius 2 is 1.53 bits per heavy atom. The van der Waals surface area contributed by atoms with Crippen molar-refractivity contribution in [2.24, 2.45) is 17.8 Å². The fourth-order valence-electron chi connectivity index (χ4n) is 4.46. The van der Waals surface area contributed by atoms with E-state index in [1.54, 1.807) is 19.1 Å². The van der Waals surface area contributed by atoms with Crippen LogP contribution in [-0.4, -0.2) is 42.9 Å². The molecule has 0 aromatic heterocycles. The van der Waals surface area contributed by atoms with Crippen molar-refractivity contribution in [3.8, 4) is 0 Å². The summed E-state index contributed by atoms with van der Waals surface area (Å²) in [5.41, 5.74) is 1.36. The summed E-state index contributed by atoms with van der Waals surface area (Å²) in [6, 6.07) is 12.1. The Bertz CT molecular complexity index is 1220. The fraction of sp³-hybridized carbons (Fsp3) is 0.296. The van der Waals surface area contributed by atoms with E-state index in [1.807, 2.05) is 19.1 Å². The molecule has 3 amide bonds. The van der Waals surface area contributed by atoms with Gasteiger partial charge in [-0.1, -0.05) is 19.1 Å². The molecule has 2 aliphatic rings. The lowest BCUT2D eigenvalue weighted by atomic mass is 9.78. The predicted octanol–water partition coefficient (Wildman–Crippen LogP) is 3.36. The number of nitrogens with zero attached hydrogens (tertiary/aromatic N) is 1. The monoisotopic (exact) mass is 490 g/mol. The number of carbonyl (C=O) groups is 5. The molecule has 1 saturated heterocycles. The summed E-state index contributed by atoms with van der Waals surface area (Å²) in [5.74, 6) is -2.94. The van der Waals surface area contributed by atoms with Gasteiger partial charge < -0.3 is 14.8 Å². The molecule has 0 unspecified atom stereocenters. The minimum Gasteiger partial charge on any atom is -0.462 e. The van der Waals surface area contributed by atoms with Crippen LogP contribution in [0.2, 0.25) is 0 Å². The van der Waals surface area contributed by atoms with Gasteiger partial charge in [-0.3, -0.25) is 19.3 Å². The van der Waals surface area contributed by atoms with Gasteiger partial charge in [0, 0.05) is 5.69 Å². The van der Waals surface area contributed by atoms with E-state index in [-0.39, 0.29) is 41.7 Å². The Balaban J connectivity index is 1.31. The maximum Gasteiger partial charge on any atom is 0.338 e. The SMILES string of the molecule is CCOC(=O)c1ccc(NC(=O)COC(=O)c2ccc(N3C(=O)[C@@H]4[C@H](C)C=CC[C@H]4C3=O)cc2)cc1. The number of carbonyl (C=O) groups excluding carboxylic acids is 5. The van der Waals surface area contributed by atoms with Gasteiger partial charge in [0.05, 0.1) is 35.3 Å². The summed E-state index contributed by atoms with van der Waals surface area (Å²) in [6.45, 7) is 3.38. The molecular weight excluding hydrogens is 464 g/mol. The molecule has 186 valence electrons. The van der Waals surface area contributed by atoms with Crippen molar-refractivity contribution in [3.63, 3.8) is 0 Å². The lowest BCUT2D eigenvalue weighted by molar-refractivity contribution is -0.123. The molecular formula is C27H26N2O7. The smallest absolute Gasteiger partial charge is 0.338 e. The van der Waals surface area contributed by atoms with E-state index < -0.39 is 24.5 Å².